The van der Waals surface area contributed by atoms with E-state index in [2.05, 4.69) is 185 Å². The molecular formula is C57H39N5. The second-order valence-corrected chi connectivity index (χ2v) is 15.3. The number of para-hydroxylation sites is 1. The van der Waals surface area contributed by atoms with Crippen molar-refractivity contribution in [2.24, 2.45) is 0 Å². The second-order valence-electron chi connectivity index (χ2n) is 15.3. The number of hydrogen-bond donors (Lipinski definition) is 0. The minimum absolute atomic E-state index is 0.573. The molecule has 0 spiro atoms. The molecule has 11 aromatic rings. The predicted octanol–water partition coefficient (Wildman–Crippen LogP) is 14.8. The predicted molar refractivity (Wildman–Crippen MR) is 256 cm³/mol. The third-order valence-electron chi connectivity index (χ3n) is 11.5. The third kappa shape index (κ3) is 6.87. The fourth-order valence-electron chi connectivity index (χ4n) is 8.48. The van der Waals surface area contributed by atoms with Crippen LogP contribution >= 0.6 is 0 Å². The fourth-order valence-corrected chi connectivity index (χ4v) is 8.48. The standard InChI is InChI=1S/C57H39N5/c1-5-16-40(17-6-1)42-28-34-47(35-29-42)61(48-36-30-43(31-37-48)41-18-7-2-8-19-41)49-38-32-44(33-39-49)50-25-15-27-53-54(50)51-24-13-14-26-52(51)62(53)57-59-55(45-20-9-3-10-21-45)58-56(60-57)46-22-11-4-12-23-46/h1-39H. The maximum atomic E-state index is 5.14. The number of aromatic nitrogens is 4. The Balaban J connectivity index is 1.02. The van der Waals surface area contributed by atoms with Gasteiger partial charge in [0.1, 0.15) is 0 Å². The Hall–Kier alpha value is -8.41. The summed E-state index contributed by atoms with van der Waals surface area (Å²) in [5.41, 5.74) is 14.2. The zero-order valence-corrected chi connectivity index (χ0v) is 33.8. The number of fused-ring (bicyclic) bond motifs is 3. The fraction of sp³-hybridized carbons (Fsp3) is 0. The lowest BCUT2D eigenvalue weighted by molar-refractivity contribution is 0.953. The van der Waals surface area contributed by atoms with Gasteiger partial charge in [-0.25, -0.2) is 4.98 Å². The van der Waals surface area contributed by atoms with Crippen LogP contribution in [-0.4, -0.2) is 19.5 Å². The van der Waals surface area contributed by atoms with Crippen LogP contribution in [0, 0.1) is 0 Å². The van der Waals surface area contributed by atoms with Gasteiger partial charge in [0.2, 0.25) is 5.95 Å². The van der Waals surface area contributed by atoms with Gasteiger partial charge in [-0.05, 0) is 81.9 Å². The monoisotopic (exact) mass is 793 g/mol. The first-order valence-electron chi connectivity index (χ1n) is 20.9. The maximum Gasteiger partial charge on any atom is 0.238 e. The van der Waals surface area contributed by atoms with Crippen LogP contribution in [0.15, 0.2) is 237 Å². The summed E-state index contributed by atoms with van der Waals surface area (Å²) in [6.45, 7) is 0. The van der Waals surface area contributed by atoms with Gasteiger partial charge < -0.3 is 4.90 Å². The van der Waals surface area contributed by atoms with Crippen molar-refractivity contribution in [2.45, 2.75) is 0 Å². The van der Waals surface area contributed by atoms with E-state index in [9.17, 15) is 0 Å². The van der Waals surface area contributed by atoms with Gasteiger partial charge in [-0.15, -0.1) is 0 Å². The molecule has 0 aliphatic rings. The molecule has 11 rings (SSSR count). The average molecular weight is 794 g/mol. The Morgan fingerprint density at radius 2 is 0.677 bits per heavy atom. The molecule has 0 aliphatic carbocycles. The molecule has 5 nitrogen and oxygen atoms in total. The van der Waals surface area contributed by atoms with Crippen molar-refractivity contribution in [1.82, 2.24) is 19.5 Å². The Labute approximate surface area is 360 Å². The highest BCUT2D eigenvalue weighted by Gasteiger charge is 2.21. The van der Waals surface area contributed by atoms with Crippen LogP contribution in [0.25, 0.3) is 83.9 Å². The van der Waals surface area contributed by atoms with E-state index in [4.69, 9.17) is 15.0 Å². The smallest absolute Gasteiger partial charge is 0.238 e. The van der Waals surface area contributed by atoms with Gasteiger partial charge in [-0.2, -0.15) is 9.97 Å². The van der Waals surface area contributed by atoms with Crippen molar-refractivity contribution in [1.29, 1.82) is 0 Å². The summed E-state index contributed by atoms with van der Waals surface area (Å²) in [7, 11) is 0. The van der Waals surface area contributed by atoms with Crippen LogP contribution in [0.1, 0.15) is 0 Å². The van der Waals surface area contributed by atoms with Crippen LogP contribution in [0.5, 0.6) is 0 Å². The SMILES string of the molecule is c1ccc(-c2ccc(N(c3ccc(-c4ccccc4)cc3)c3ccc(-c4cccc5c4c4ccccc4n5-c4nc(-c5ccccc5)nc(-c5ccccc5)n4)cc3)cc2)cc1. The number of hydrogen-bond acceptors (Lipinski definition) is 4. The molecule has 0 saturated heterocycles. The van der Waals surface area contributed by atoms with Crippen molar-refractivity contribution in [3.8, 4) is 62.1 Å². The summed E-state index contributed by atoms with van der Waals surface area (Å²) in [6.07, 6.45) is 0. The van der Waals surface area contributed by atoms with Gasteiger partial charge in [0.15, 0.2) is 11.6 Å². The highest BCUT2D eigenvalue weighted by atomic mass is 15.2. The van der Waals surface area contributed by atoms with Crippen LogP contribution in [-0.2, 0) is 0 Å². The highest BCUT2D eigenvalue weighted by molar-refractivity contribution is 6.15. The second kappa shape index (κ2) is 16.0. The van der Waals surface area contributed by atoms with Gasteiger partial charge >= 0.3 is 0 Å². The van der Waals surface area contributed by atoms with Crippen molar-refractivity contribution in [3.63, 3.8) is 0 Å². The molecule has 0 amide bonds. The molecule has 0 atom stereocenters. The molecule has 9 aromatic carbocycles. The normalized spacial score (nSPS) is 11.2. The van der Waals surface area contributed by atoms with Crippen molar-refractivity contribution in [3.05, 3.63) is 237 Å². The lowest BCUT2D eigenvalue weighted by Gasteiger charge is -2.26. The molecular weight excluding hydrogens is 755 g/mol. The molecule has 2 heterocycles. The molecule has 0 radical (unpaired) electrons. The van der Waals surface area contributed by atoms with E-state index in [0.29, 0.717) is 17.6 Å². The van der Waals surface area contributed by atoms with E-state index in [1.165, 1.54) is 22.3 Å². The molecule has 62 heavy (non-hydrogen) atoms. The molecule has 0 unspecified atom stereocenters. The molecule has 0 saturated carbocycles. The number of nitrogens with zero attached hydrogens (tertiary/aromatic N) is 5. The molecule has 0 bridgehead atoms. The van der Waals surface area contributed by atoms with Crippen LogP contribution in [0.3, 0.4) is 0 Å². The highest BCUT2D eigenvalue weighted by Crippen LogP contribution is 2.41. The molecule has 292 valence electrons. The number of rotatable bonds is 9. The minimum Gasteiger partial charge on any atom is -0.311 e. The van der Waals surface area contributed by atoms with Crippen LogP contribution < -0.4 is 4.90 Å². The van der Waals surface area contributed by atoms with Gasteiger partial charge in [-0.3, -0.25) is 4.57 Å². The van der Waals surface area contributed by atoms with Crippen LogP contribution in [0.4, 0.5) is 17.1 Å². The molecule has 0 aliphatic heterocycles. The summed E-state index contributed by atoms with van der Waals surface area (Å²) in [5.74, 6) is 1.82. The Kier molecular flexibility index (Phi) is 9.45. The average Bonchev–Trinajstić information content (AvgIpc) is 3.70. The first-order chi connectivity index (χ1) is 30.7. The number of anilines is 3. The minimum atomic E-state index is 0.573. The largest absolute Gasteiger partial charge is 0.311 e. The van der Waals surface area contributed by atoms with E-state index in [1.54, 1.807) is 0 Å². The van der Waals surface area contributed by atoms with E-state index < -0.39 is 0 Å². The first-order valence-corrected chi connectivity index (χ1v) is 20.9. The third-order valence-corrected chi connectivity index (χ3v) is 11.5. The first kappa shape index (κ1) is 36.7. The Morgan fingerprint density at radius 1 is 0.290 bits per heavy atom. The Morgan fingerprint density at radius 3 is 1.16 bits per heavy atom. The number of benzene rings is 9. The molecule has 0 fully saturated rings. The van der Waals surface area contributed by atoms with Gasteiger partial charge in [0.05, 0.1) is 11.0 Å². The van der Waals surface area contributed by atoms with E-state index in [1.807, 2.05) is 60.7 Å². The van der Waals surface area contributed by atoms with Crippen molar-refractivity contribution in [2.75, 3.05) is 4.90 Å². The maximum absolute atomic E-state index is 5.14. The summed E-state index contributed by atoms with van der Waals surface area (Å²) >= 11 is 0. The summed E-state index contributed by atoms with van der Waals surface area (Å²) in [5, 5.41) is 2.27. The molecule has 2 aromatic heterocycles. The van der Waals surface area contributed by atoms with Gasteiger partial charge in [0.25, 0.3) is 0 Å². The van der Waals surface area contributed by atoms with Gasteiger partial charge in [0, 0.05) is 39.0 Å². The zero-order chi connectivity index (χ0) is 41.2. The quantitative estimate of drug-likeness (QED) is 0.146. The molecule has 0 N–H and O–H groups in total. The zero-order valence-electron chi connectivity index (χ0n) is 33.8. The van der Waals surface area contributed by atoms with E-state index in [0.717, 1.165) is 61.1 Å². The summed E-state index contributed by atoms with van der Waals surface area (Å²) in [4.78, 5) is 17.6. The van der Waals surface area contributed by atoms with E-state index >= 15 is 0 Å². The summed E-state index contributed by atoms with van der Waals surface area (Å²) < 4.78 is 2.18. The lowest BCUT2D eigenvalue weighted by Crippen LogP contribution is -2.09. The van der Waals surface area contributed by atoms with Gasteiger partial charge in [-0.1, -0.05) is 188 Å². The Bertz CT molecular complexity index is 3150. The van der Waals surface area contributed by atoms with Crippen molar-refractivity contribution >= 4 is 38.9 Å². The van der Waals surface area contributed by atoms with Crippen LogP contribution in [0.2, 0.25) is 0 Å². The topological polar surface area (TPSA) is 46.8 Å². The summed E-state index contributed by atoms with van der Waals surface area (Å²) in [6, 6.07) is 83.0. The van der Waals surface area contributed by atoms with Crippen molar-refractivity contribution < 1.29 is 0 Å². The van der Waals surface area contributed by atoms with E-state index in [-0.39, 0.29) is 0 Å². The molecule has 5 heteroatoms. The lowest BCUT2D eigenvalue weighted by atomic mass is 9.99.